The molecule has 1 aromatic heterocycles. The first kappa shape index (κ1) is 9.71. The first-order valence-corrected chi connectivity index (χ1v) is 5.07. The number of aryl methyl sites for hydroxylation is 1. The maximum absolute atomic E-state index is 5.61. The van der Waals surface area contributed by atoms with Crippen LogP contribution in [0, 0.1) is 6.92 Å². The summed E-state index contributed by atoms with van der Waals surface area (Å²) in [5, 5.41) is 5.44. The molecular weight excluding hydrogens is 168 g/mol. The highest BCUT2D eigenvalue weighted by Gasteiger charge is 1.99. The van der Waals surface area contributed by atoms with Gasteiger partial charge in [-0.25, -0.2) is 0 Å². The number of thiophene rings is 1. The minimum atomic E-state index is 0.241. The minimum absolute atomic E-state index is 0.241. The summed E-state index contributed by atoms with van der Waals surface area (Å²) in [5.74, 6) is 0. The van der Waals surface area contributed by atoms with Gasteiger partial charge < -0.3 is 11.1 Å². The van der Waals surface area contributed by atoms with Crippen molar-refractivity contribution in [2.45, 2.75) is 26.4 Å². The summed E-state index contributed by atoms with van der Waals surface area (Å²) in [6, 6.07) is 2.39. The molecule has 0 aliphatic heterocycles. The van der Waals surface area contributed by atoms with Gasteiger partial charge in [0.05, 0.1) is 0 Å². The number of nitrogens with one attached hydrogen (secondary N) is 1. The Labute approximate surface area is 77.8 Å². The van der Waals surface area contributed by atoms with Crippen LogP contribution in [0.2, 0.25) is 0 Å². The highest BCUT2D eigenvalue weighted by Crippen LogP contribution is 2.14. The van der Waals surface area contributed by atoms with E-state index in [-0.39, 0.29) is 6.04 Å². The van der Waals surface area contributed by atoms with E-state index in [2.05, 4.69) is 23.7 Å². The molecule has 0 aliphatic carbocycles. The molecule has 1 heterocycles. The molecule has 1 atom stereocenters. The largest absolute Gasteiger partial charge is 0.327 e. The Morgan fingerprint density at radius 3 is 2.92 bits per heavy atom. The van der Waals surface area contributed by atoms with Gasteiger partial charge in [-0.05, 0) is 30.9 Å². The van der Waals surface area contributed by atoms with Crippen LogP contribution in [0.4, 0.5) is 0 Å². The molecular formula is C9H16N2S. The predicted octanol–water partition coefficient (Wildman–Crippen LogP) is 1.49. The fraction of sp³-hybridized carbons (Fsp3) is 0.556. The average Bonchev–Trinajstić information content (AvgIpc) is 2.36. The molecule has 0 bridgehead atoms. The van der Waals surface area contributed by atoms with Gasteiger partial charge in [0.2, 0.25) is 0 Å². The molecule has 2 nitrogen and oxygen atoms in total. The van der Waals surface area contributed by atoms with Crippen molar-refractivity contribution in [1.82, 2.24) is 5.32 Å². The fourth-order valence-corrected chi connectivity index (χ4v) is 1.87. The third-order valence-electron chi connectivity index (χ3n) is 1.72. The molecule has 12 heavy (non-hydrogen) atoms. The lowest BCUT2D eigenvalue weighted by Crippen LogP contribution is -2.30. The van der Waals surface area contributed by atoms with Crippen molar-refractivity contribution in [2.75, 3.05) is 6.54 Å². The molecule has 0 fully saturated rings. The maximum Gasteiger partial charge on any atom is 0.0303 e. The van der Waals surface area contributed by atoms with Gasteiger partial charge in [0.15, 0.2) is 0 Å². The Kier molecular flexibility index (Phi) is 3.72. The summed E-state index contributed by atoms with van der Waals surface area (Å²) < 4.78 is 0. The Balaban J connectivity index is 2.29. The zero-order chi connectivity index (χ0) is 8.97. The molecule has 0 saturated heterocycles. The zero-order valence-electron chi connectivity index (χ0n) is 7.63. The summed E-state index contributed by atoms with van der Waals surface area (Å²) in [6.07, 6.45) is 0. The normalized spacial score (nSPS) is 13.2. The smallest absolute Gasteiger partial charge is 0.0303 e. The van der Waals surface area contributed by atoms with Crippen molar-refractivity contribution in [1.29, 1.82) is 0 Å². The van der Waals surface area contributed by atoms with Crippen LogP contribution in [0.1, 0.15) is 17.4 Å². The van der Waals surface area contributed by atoms with Crippen LogP contribution in [0.25, 0.3) is 0 Å². The number of rotatable bonds is 4. The Bertz CT molecular complexity index is 230. The molecule has 1 rings (SSSR count). The Morgan fingerprint density at radius 2 is 2.42 bits per heavy atom. The summed E-state index contributed by atoms with van der Waals surface area (Å²) in [6.45, 7) is 5.98. The van der Waals surface area contributed by atoms with Crippen molar-refractivity contribution >= 4 is 11.3 Å². The van der Waals surface area contributed by atoms with Gasteiger partial charge in [0, 0.05) is 24.0 Å². The van der Waals surface area contributed by atoms with E-state index in [1.54, 1.807) is 11.3 Å². The van der Waals surface area contributed by atoms with E-state index in [1.807, 2.05) is 6.92 Å². The molecule has 3 N–H and O–H groups in total. The predicted molar refractivity (Wildman–Crippen MR) is 54.4 cm³/mol. The molecule has 0 saturated carbocycles. The van der Waals surface area contributed by atoms with Gasteiger partial charge in [-0.1, -0.05) is 0 Å². The van der Waals surface area contributed by atoms with Crippen molar-refractivity contribution in [3.05, 3.63) is 21.9 Å². The molecule has 68 valence electrons. The molecule has 0 aromatic carbocycles. The third kappa shape index (κ3) is 2.93. The van der Waals surface area contributed by atoms with Crippen LogP contribution in [-0.2, 0) is 6.54 Å². The number of hydrogen-bond donors (Lipinski definition) is 2. The summed E-state index contributed by atoms with van der Waals surface area (Å²) in [5.41, 5.74) is 6.98. The van der Waals surface area contributed by atoms with Gasteiger partial charge in [0.25, 0.3) is 0 Å². The molecule has 0 spiro atoms. The van der Waals surface area contributed by atoms with Crippen molar-refractivity contribution in [3.8, 4) is 0 Å². The van der Waals surface area contributed by atoms with E-state index in [4.69, 9.17) is 5.73 Å². The lowest BCUT2D eigenvalue weighted by atomic mass is 10.3. The summed E-state index contributed by atoms with van der Waals surface area (Å²) in [4.78, 5) is 1.41. The molecule has 1 unspecified atom stereocenters. The van der Waals surface area contributed by atoms with E-state index < -0.39 is 0 Å². The van der Waals surface area contributed by atoms with E-state index >= 15 is 0 Å². The number of nitrogens with two attached hydrogens (primary N) is 1. The van der Waals surface area contributed by atoms with Crippen molar-refractivity contribution < 1.29 is 0 Å². The topological polar surface area (TPSA) is 38.0 Å². The monoisotopic (exact) mass is 184 g/mol. The van der Waals surface area contributed by atoms with Crippen LogP contribution in [0.15, 0.2) is 11.4 Å². The Morgan fingerprint density at radius 1 is 1.67 bits per heavy atom. The standard InChI is InChI=1S/C9H16N2S/c1-7-3-4-12-9(7)6-11-5-8(2)10/h3-4,8,11H,5-6,10H2,1-2H3. The van der Waals surface area contributed by atoms with Crippen LogP contribution in [0.3, 0.4) is 0 Å². The van der Waals surface area contributed by atoms with Crippen LogP contribution in [0.5, 0.6) is 0 Å². The van der Waals surface area contributed by atoms with E-state index in [9.17, 15) is 0 Å². The van der Waals surface area contributed by atoms with Crippen LogP contribution >= 0.6 is 11.3 Å². The fourth-order valence-electron chi connectivity index (χ4n) is 0.999. The SMILES string of the molecule is Cc1ccsc1CNCC(C)N. The van der Waals surface area contributed by atoms with E-state index in [0.717, 1.165) is 13.1 Å². The van der Waals surface area contributed by atoms with Crippen molar-refractivity contribution in [3.63, 3.8) is 0 Å². The quantitative estimate of drug-likeness (QED) is 0.744. The first-order valence-electron chi connectivity index (χ1n) is 4.19. The van der Waals surface area contributed by atoms with Gasteiger partial charge in [-0.15, -0.1) is 11.3 Å². The number of hydrogen-bond acceptors (Lipinski definition) is 3. The molecule has 0 radical (unpaired) electrons. The maximum atomic E-state index is 5.61. The Hall–Kier alpha value is -0.380. The van der Waals surface area contributed by atoms with E-state index in [0.29, 0.717) is 0 Å². The first-order chi connectivity index (χ1) is 5.70. The highest BCUT2D eigenvalue weighted by atomic mass is 32.1. The second-order valence-corrected chi connectivity index (χ2v) is 4.14. The van der Waals surface area contributed by atoms with Gasteiger partial charge in [-0.3, -0.25) is 0 Å². The molecule has 0 aliphatic rings. The van der Waals surface area contributed by atoms with Crippen molar-refractivity contribution in [2.24, 2.45) is 5.73 Å². The highest BCUT2D eigenvalue weighted by molar-refractivity contribution is 7.10. The van der Waals surface area contributed by atoms with E-state index in [1.165, 1.54) is 10.4 Å². The minimum Gasteiger partial charge on any atom is -0.327 e. The van der Waals surface area contributed by atoms with Gasteiger partial charge in [0.1, 0.15) is 0 Å². The lowest BCUT2D eigenvalue weighted by molar-refractivity contribution is 0.611. The average molecular weight is 184 g/mol. The summed E-state index contributed by atoms with van der Waals surface area (Å²) >= 11 is 1.80. The molecule has 3 heteroatoms. The van der Waals surface area contributed by atoms with Gasteiger partial charge in [-0.2, -0.15) is 0 Å². The van der Waals surface area contributed by atoms with Gasteiger partial charge >= 0.3 is 0 Å². The van der Waals surface area contributed by atoms with Crippen LogP contribution in [-0.4, -0.2) is 12.6 Å². The lowest BCUT2D eigenvalue weighted by Gasteiger charge is -2.06. The molecule has 1 aromatic rings. The van der Waals surface area contributed by atoms with Crippen LogP contribution < -0.4 is 11.1 Å². The second kappa shape index (κ2) is 4.60. The third-order valence-corrected chi connectivity index (χ3v) is 2.74. The summed E-state index contributed by atoms with van der Waals surface area (Å²) in [7, 11) is 0. The zero-order valence-corrected chi connectivity index (χ0v) is 8.45. The molecule has 0 amide bonds. The second-order valence-electron chi connectivity index (χ2n) is 3.13.